The highest BCUT2D eigenvalue weighted by Gasteiger charge is 2.25. The first-order valence-electron chi connectivity index (χ1n) is 8.61. The van der Waals surface area contributed by atoms with Gasteiger partial charge < -0.3 is 14.6 Å². The lowest BCUT2D eigenvalue weighted by molar-refractivity contribution is -0.130. The predicted octanol–water partition coefficient (Wildman–Crippen LogP) is 3.56. The molecule has 0 atom stereocenters. The van der Waals surface area contributed by atoms with Crippen molar-refractivity contribution >= 4 is 29.3 Å². The van der Waals surface area contributed by atoms with Crippen LogP contribution in [0.15, 0.2) is 24.3 Å². The molecule has 2 aromatic rings. The molecule has 0 saturated heterocycles. The highest BCUT2D eigenvalue weighted by Crippen LogP contribution is 2.22. The van der Waals surface area contributed by atoms with Crippen molar-refractivity contribution in [3.05, 3.63) is 57.4 Å². The van der Waals surface area contributed by atoms with Crippen LogP contribution in [-0.4, -0.2) is 41.2 Å². The minimum absolute atomic E-state index is 0.0348. The minimum Gasteiger partial charge on any atom is -0.465 e. The van der Waals surface area contributed by atoms with E-state index in [1.165, 1.54) is 14.0 Å². The van der Waals surface area contributed by atoms with Gasteiger partial charge in [0.25, 0.3) is 0 Å². The van der Waals surface area contributed by atoms with Crippen LogP contribution in [0.3, 0.4) is 0 Å². The van der Waals surface area contributed by atoms with E-state index in [-0.39, 0.29) is 23.7 Å². The zero-order chi connectivity index (χ0) is 20.1. The first-order valence-corrected chi connectivity index (χ1v) is 8.99. The summed E-state index contributed by atoms with van der Waals surface area (Å²) in [5, 5.41) is 0.607. The Bertz CT molecular complexity index is 873. The lowest BCUT2D eigenvalue weighted by atomic mass is 10.1. The van der Waals surface area contributed by atoms with Gasteiger partial charge in [-0.3, -0.25) is 9.59 Å². The number of aromatic amines is 1. The Labute approximate surface area is 163 Å². The highest BCUT2D eigenvalue weighted by atomic mass is 35.5. The van der Waals surface area contributed by atoms with Gasteiger partial charge in [0.2, 0.25) is 5.91 Å². The van der Waals surface area contributed by atoms with Crippen LogP contribution in [-0.2, 0) is 22.5 Å². The molecule has 0 aliphatic carbocycles. The molecule has 2 rings (SSSR count). The number of rotatable bonds is 7. The number of ketones is 1. The van der Waals surface area contributed by atoms with Crippen molar-refractivity contribution in [1.82, 2.24) is 9.88 Å². The molecule has 0 saturated carbocycles. The summed E-state index contributed by atoms with van der Waals surface area (Å²) < 4.78 is 4.82. The van der Waals surface area contributed by atoms with E-state index in [1.807, 2.05) is 25.1 Å². The number of H-pyrrole nitrogens is 1. The maximum absolute atomic E-state index is 12.8. The van der Waals surface area contributed by atoms with E-state index in [0.29, 0.717) is 35.1 Å². The Kier molecular flexibility index (Phi) is 6.80. The maximum Gasteiger partial charge on any atom is 0.339 e. The predicted molar refractivity (Wildman–Crippen MR) is 103 cm³/mol. The van der Waals surface area contributed by atoms with Gasteiger partial charge in [0.05, 0.1) is 24.8 Å². The highest BCUT2D eigenvalue weighted by molar-refractivity contribution is 6.30. The van der Waals surface area contributed by atoms with E-state index in [2.05, 4.69) is 4.98 Å². The second kappa shape index (κ2) is 8.86. The molecule has 1 N–H and O–H groups in total. The number of nitrogens with zero attached hydrogens (tertiary/aromatic N) is 1. The summed E-state index contributed by atoms with van der Waals surface area (Å²) in [7, 11) is 1.27. The van der Waals surface area contributed by atoms with Gasteiger partial charge in [-0.25, -0.2) is 4.79 Å². The molecule has 1 amide bonds. The van der Waals surface area contributed by atoms with Gasteiger partial charge >= 0.3 is 5.97 Å². The van der Waals surface area contributed by atoms with E-state index in [1.54, 1.807) is 17.9 Å². The Morgan fingerprint density at radius 3 is 2.52 bits per heavy atom. The number of methoxy groups -OCH3 is 1. The molecule has 144 valence electrons. The molecule has 27 heavy (non-hydrogen) atoms. The van der Waals surface area contributed by atoms with E-state index < -0.39 is 5.97 Å². The van der Waals surface area contributed by atoms with Crippen molar-refractivity contribution in [3.63, 3.8) is 0 Å². The molecular formula is C20H23ClN2O4. The average molecular weight is 391 g/mol. The van der Waals surface area contributed by atoms with E-state index in [9.17, 15) is 14.4 Å². The number of carbonyl (C=O) groups excluding carboxylic acids is 3. The number of carbonyl (C=O) groups is 3. The summed E-state index contributed by atoms with van der Waals surface area (Å²) in [4.78, 5) is 41.4. The van der Waals surface area contributed by atoms with E-state index in [0.717, 1.165) is 5.56 Å². The number of hydrogen-bond acceptors (Lipinski definition) is 4. The van der Waals surface area contributed by atoms with Gasteiger partial charge in [-0.15, -0.1) is 0 Å². The number of likely N-dealkylation sites (N-methyl/N-ethyl adjacent to an activating group) is 1. The number of aromatic nitrogens is 1. The number of halogens is 1. The Hall–Kier alpha value is -2.60. The fourth-order valence-electron chi connectivity index (χ4n) is 3.02. The van der Waals surface area contributed by atoms with Crippen molar-refractivity contribution in [2.24, 2.45) is 0 Å². The summed E-state index contributed by atoms with van der Waals surface area (Å²) in [5.41, 5.74) is 2.36. The van der Waals surface area contributed by atoms with Gasteiger partial charge in [-0.05, 0) is 37.1 Å². The molecule has 7 heteroatoms. The van der Waals surface area contributed by atoms with Gasteiger partial charge in [-0.1, -0.05) is 23.7 Å². The summed E-state index contributed by atoms with van der Waals surface area (Å²) in [6.07, 6.45) is -0.0348. The van der Waals surface area contributed by atoms with Crippen LogP contribution in [0, 0.1) is 6.92 Å². The molecule has 1 aromatic carbocycles. The maximum atomic E-state index is 12.8. The number of hydrogen-bond donors (Lipinski definition) is 1. The normalized spacial score (nSPS) is 10.6. The van der Waals surface area contributed by atoms with Crippen LogP contribution in [0.25, 0.3) is 0 Å². The van der Waals surface area contributed by atoms with Crippen LogP contribution in [0.4, 0.5) is 0 Å². The van der Waals surface area contributed by atoms with Crippen LogP contribution >= 0.6 is 11.6 Å². The Balaban J connectivity index is 2.28. The number of Topliss-reactive ketones (excluding diaryl/α,β-unsaturated/α-hetero) is 1. The number of nitrogens with one attached hydrogen (secondary N) is 1. The lowest BCUT2D eigenvalue weighted by Gasteiger charge is -2.21. The fourth-order valence-corrected chi connectivity index (χ4v) is 3.23. The smallest absolute Gasteiger partial charge is 0.339 e. The average Bonchev–Trinajstić information content (AvgIpc) is 2.95. The molecule has 0 spiro atoms. The van der Waals surface area contributed by atoms with Crippen molar-refractivity contribution in [2.75, 3.05) is 13.7 Å². The van der Waals surface area contributed by atoms with Crippen LogP contribution in [0.2, 0.25) is 5.02 Å². The second-order valence-electron chi connectivity index (χ2n) is 6.24. The molecule has 1 aromatic heterocycles. The topological polar surface area (TPSA) is 79.5 Å². The molecule has 0 bridgehead atoms. The third-order valence-corrected chi connectivity index (χ3v) is 4.63. The van der Waals surface area contributed by atoms with Crippen LogP contribution in [0.5, 0.6) is 0 Å². The Morgan fingerprint density at radius 2 is 1.96 bits per heavy atom. The standard InChI is InChI=1S/C20H23ClN2O4/c1-5-23(11-14-7-6-8-15(21)9-14)17(25)10-16-18(20(26)27-4)12(2)19(22-16)13(3)24/h6-9,22H,5,10-11H2,1-4H3. The van der Waals surface area contributed by atoms with Crippen LogP contribution in [0.1, 0.15) is 51.5 Å². The minimum atomic E-state index is -0.572. The zero-order valence-electron chi connectivity index (χ0n) is 15.9. The quantitative estimate of drug-likeness (QED) is 0.579. The molecule has 1 heterocycles. The van der Waals surface area contributed by atoms with Gasteiger partial charge in [0, 0.05) is 30.7 Å². The molecule has 0 unspecified atom stereocenters. The molecule has 0 fully saturated rings. The molecule has 0 aliphatic heterocycles. The number of amides is 1. The van der Waals surface area contributed by atoms with Crippen molar-refractivity contribution in [3.8, 4) is 0 Å². The van der Waals surface area contributed by atoms with Crippen molar-refractivity contribution in [1.29, 1.82) is 0 Å². The van der Waals surface area contributed by atoms with Crippen molar-refractivity contribution < 1.29 is 19.1 Å². The largest absolute Gasteiger partial charge is 0.465 e. The SMILES string of the molecule is CCN(Cc1cccc(Cl)c1)C(=O)Cc1[nH]c(C(C)=O)c(C)c1C(=O)OC. The second-order valence-corrected chi connectivity index (χ2v) is 6.68. The number of ether oxygens (including phenoxy) is 1. The van der Waals surface area contributed by atoms with E-state index >= 15 is 0 Å². The molecule has 0 radical (unpaired) electrons. The molecule has 0 aliphatic rings. The third-order valence-electron chi connectivity index (χ3n) is 4.39. The van der Waals surface area contributed by atoms with Gasteiger partial charge in [-0.2, -0.15) is 0 Å². The van der Waals surface area contributed by atoms with Gasteiger partial charge in [0.1, 0.15) is 0 Å². The first kappa shape index (κ1) is 20.7. The molecule has 6 nitrogen and oxygen atoms in total. The third kappa shape index (κ3) is 4.77. The first-order chi connectivity index (χ1) is 12.8. The summed E-state index contributed by atoms with van der Waals surface area (Å²) in [6, 6.07) is 7.31. The summed E-state index contributed by atoms with van der Waals surface area (Å²) >= 11 is 6.01. The fraction of sp³-hybridized carbons (Fsp3) is 0.350. The Morgan fingerprint density at radius 1 is 1.26 bits per heavy atom. The van der Waals surface area contributed by atoms with E-state index in [4.69, 9.17) is 16.3 Å². The van der Waals surface area contributed by atoms with Crippen LogP contribution < -0.4 is 0 Å². The monoisotopic (exact) mass is 390 g/mol. The number of benzene rings is 1. The van der Waals surface area contributed by atoms with Gasteiger partial charge in [0.15, 0.2) is 5.78 Å². The number of esters is 1. The summed E-state index contributed by atoms with van der Waals surface area (Å²) in [6.45, 7) is 5.85. The zero-order valence-corrected chi connectivity index (χ0v) is 16.6. The van der Waals surface area contributed by atoms with Crippen molar-refractivity contribution in [2.45, 2.75) is 33.7 Å². The molecular weight excluding hydrogens is 368 g/mol. The lowest BCUT2D eigenvalue weighted by Crippen LogP contribution is -2.32. The summed E-state index contributed by atoms with van der Waals surface area (Å²) in [5.74, 6) is -0.946.